The summed E-state index contributed by atoms with van der Waals surface area (Å²) in [6.45, 7) is 0. The molecule has 0 saturated carbocycles. The van der Waals surface area contributed by atoms with Crippen LogP contribution in [0.3, 0.4) is 0 Å². The summed E-state index contributed by atoms with van der Waals surface area (Å²) in [5.41, 5.74) is 5.51. The van der Waals surface area contributed by atoms with Crippen LogP contribution in [0.15, 0.2) is 23.3 Å². The predicted octanol–water partition coefficient (Wildman–Crippen LogP) is 2.61. The minimum atomic E-state index is 0. The fraction of sp³-hybridized carbons (Fsp3) is 0.143. The summed E-state index contributed by atoms with van der Waals surface area (Å²) in [5, 5.41) is 0.531. The molecule has 0 fully saturated rings. The number of rotatable bonds is 1. The van der Waals surface area contributed by atoms with E-state index >= 15 is 0 Å². The fourth-order valence-corrected chi connectivity index (χ4v) is 1.10. The summed E-state index contributed by atoms with van der Waals surface area (Å²) in [7, 11) is 0. The van der Waals surface area contributed by atoms with Crippen LogP contribution in [-0.2, 0) is 0 Å². The van der Waals surface area contributed by atoms with E-state index in [-0.39, 0.29) is 24.0 Å². The van der Waals surface area contributed by atoms with Gasteiger partial charge in [0.1, 0.15) is 0 Å². The van der Waals surface area contributed by atoms with Gasteiger partial charge in [-0.25, -0.2) is 9.98 Å². The van der Waals surface area contributed by atoms with Gasteiger partial charge in [-0.15, -0.1) is 24.0 Å². The SMILES string of the molecule is CSC(N)=Nc1ccc(I)cn1.I. The number of nitrogens with two attached hydrogens (primary N) is 1. The molecule has 0 aliphatic heterocycles. The lowest BCUT2D eigenvalue weighted by Crippen LogP contribution is -2.04. The molecule has 1 aromatic rings. The van der Waals surface area contributed by atoms with E-state index in [1.807, 2.05) is 18.4 Å². The van der Waals surface area contributed by atoms with E-state index in [1.54, 1.807) is 6.20 Å². The van der Waals surface area contributed by atoms with Gasteiger partial charge in [0.05, 0.1) is 0 Å². The number of hydrogen-bond acceptors (Lipinski definition) is 3. The van der Waals surface area contributed by atoms with Crippen molar-refractivity contribution < 1.29 is 0 Å². The highest BCUT2D eigenvalue weighted by Crippen LogP contribution is 2.11. The average molecular weight is 421 g/mol. The Morgan fingerprint density at radius 1 is 1.62 bits per heavy atom. The molecule has 0 aliphatic carbocycles. The molecule has 6 heteroatoms. The summed E-state index contributed by atoms with van der Waals surface area (Å²) >= 11 is 3.60. The van der Waals surface area contributed by atoms with Crippen LogP contribution in [0.4, 0.5) is 5.82 Å². The Labute approximate surface area is 112 Å². The molecule has 0 aliphatic rings. The lowest BCUT2D eigenvalue weighted by atomic mass is 10.5. The zero-order chi connectivity index (χ0) is 8.97. The van der Waals surface area contributed by atoms with Crippen LogP contribution < -0.4 is 5.73 Å². The van der Waals surface area contributed by atoms with E-state index in [4.69, 9.17) is 5.73 Å². The summed E-state index contributed by atoms with van der Waals surface area (Å²) in [6.07, 6.45) is 3.64. The van der Waals surface area contributed by atoms with Crippen molar-refractivity contribution in [2.75, 3.05) is 6.26 Å². The Balaban J connectivity index is 0.00000144. The molecule has 0 spiro atoms. The van der Waals surface area contributed by atoms with Gasteiger partial charge in [-0.05, 0) is 41.0 Å². The highest BCUT2D eigenvalue weighted by molar-refractivity contribution is 14.1. The molecule has 0 amide bonds. The number of halogens is 2. The molecule has 0 unspecified atom stereocenters. The van der Waals surface area contributed by atoms with Gasteiger partial charge in [0.2, 0.25) is 0 Å². The van der Waals surface area contributed by atoms with E-state index in [0.717, 1.165) is 3.57 Å². The highest BCUT2D eigenvalue weighted by Gasteiger charge is 1.92. The van der Waals surface area contributed by atoms with Crippen LogP contribution in [0.5, 0.6) is 0 Å². The van der Waals surface area contributed by atoms with E-state index in [1.165, 1.54) is 11.8 Å². The van der Waals surface area contributed by atoms with E-state index < -0.39 is 0 Å². The van der Waals surface area contributed by atoms with Gasteiger partial charge >= 0.3 is 0 Å². The van der Waals surface area contributed by atoms with Crippen LogP contribution in [0, 0.1) is 3.57 Å². The number of nitrogens with zero attached hydrogens (tertiary/aromatic N) is 2. The maximum atomic E-state index is 5.51. The molecule has 0 saturated heterocycles. The van der Waals surface area contributed by atoms with Gasteiger partial charge in [0.25, 0.3) is 0 Å². The average Bonchev–Trinajstić information content (AvgIpc) is 2.09. The van der Waals surface area contributed by atoms with Crippen molar-refractivity contribution in [3.8, 4) is 0 Å². The Kier molecular flexibility index (Phi) is 7.05. The molecule has 0 radical (unpaired) electrons. The Bertz CT molecular complexity index is 286. The number of hydrogen-bond donors (Lipinski definition) is 1. The summed E-state index contributed by atoms with van der Waals surface area (Å²) < 4.78 is 1.09. The molecule has 0 bridgehead atoms. The lowest BCUT2D eigenvalue weighted by molar-refractivity contribution is 1.26. The van der Waals surface area contributed by atoms with Crippen LogP contribution in [0.2, 0.25) is 0 Å². The second kappa shape index (κ2) is 6.82. The minimum absolute atomic E-state index is 0. The molecule has 13 heavy (non-hydrogen) atoms. The Hall–Kier alpha value is 0.430. The third-order valence-electron chi connectivity index (χ3n) is 1.15. The largest absolute Gasteiger partial charge is 0.378 e. The number of pyridine rings is 1. The lowest BCUT2D eigenvalue weighted by Gasteiger charge is -1.94. The van der Waals surface area contributed by atoms with Gasteiger partial charge in [-0.1, -0.05) is 11.8 Å². The first-order chi connectivity index (χ1) is 5.72. The number of aliphatic imine (C=N–C) groups is 1. The van der Waals surface area contributed by atoms with Gasteiger partial charge < -0.3 is 5.73 Å². The monoisotopic (exact) mass is 421 g/mol. The smallest absolute Gasteiger partial charge is 0.160 e. The van der Waals surface area contributed by atoms with Crippen molar-refractivity contribution >= 4 is 69.3 Å². The van der Waals surface area contributed by atoms with Crippen molar-refractivity contribution in [1.82, 2.24) is 4.98 Å². The van der Waals surface area contributed by atoms with Gasteiger partial charge in [0, 0.05) is 9.77 Å². The molecule has 2 N–H and O–H groups in total. The van der Waals surface area contributed by atoms with Crippen LogP contribution in [0.1, 0.15) is 0 Å². The van der Waals surface area contributed by atoms with Crippen LogP contribution >= 0.6 is 58.3 Å². The molecule has 1 rings (SSSR count). The normalized spacial score (nSPS) is 10.8. The number of thioether (sulfide) groups is 1. The third-order valence-corrected chi connectivity index (χ3v) is 2.29. The van der Waals surface area contributed by atoms with Gasteiger partial charge in [-0.3, -0.25) is 0 Å². The second-order valence-electron chi connectivity index (χ2n) is 1.99. The van der Waals surface area contributed by atoms with Crippen molar-refractivity contribution in [3.63, 3.8) is 0 Å². The standard InChI is InChI=1S/C7H8IN3S.HI/c1-12-7(9)11-6-3-2-5(8)4-10-6;/h2-4H,1H3,(H2,9,10,11);1H. The van der Waals surface area contributed by atoms with Crippen molar-refractivity contribution in [2.45, 2.75) is 0 Å². The number of aromatic nitrogens is 1. The maximum absolute atomic E-state index is 5.51. The van der Waals surface area contributed by atoms with Crippen molar-refractivity contribution in [1.29, 1.82) is 0 Å². The third kappa shape index (κ3) is 5.01. The first kappa shape index (κ1) is 13.4. The highest BCUT2D eigenvalue weighted by atomic mass is 127. The van der Waals surface area contributed by atoms with Gasteiger partial charge in [-0.2, -0.15) is 0 Å². The first-order valence-electron chi connectivity index (χ1n) is 3.22. The molecule has 1 heterocycles. The molecule has 0 atom stereocenters. The summed E-state index contributed by atoms with van der Waals surface area (Å²) in [5.74, 6) is 0.655. The van der Waals surface area contributed by atoms with E-state index in [9.17, 15) is 0 Å². The van der Waals surface area contributed by atoms with Crippen molar-refractivity contribution in [2.24, 2.45) is 10.7 Å². The zero-order valence-electron chi connectivity index (χ0n) is 6.90. The van der Waals surface area contributed by atoms with Gasteiger partial charge in [0.15, 0.2) is 11.0 Å². The number of amidine groups is 1. The molecule has 72 valence electrons. The molecule has 0 aromatic carbocycles. The topological polar surface area (TPSA) is 51.3 Å². The molecular formula is C7H9I2N3S. The van der Waals surface area contributed by atoms with E-state index in [2.05, 4.69) is 32.6 Å². The molecule has 3 nitrogen and oxygen atoms in total. The quantitative estimate of drug-likeness (QED) is 0.431. The summed E-state index contributed by atoms with van der Waals surface area (Å²) in [4.78, 5) is 8.14. The summed E-state index contributed by atoms with van der Waals surface area (Å²) in [6, 6.07) is 3.78. The predicted molar refractivity (Wildman–Crippen MR) is 77.2 cm³/mol. The Morgan fingerprint density at radius 3 is 2.77 bits per heavy atom. The second-order valence-corrected chi connectivity index (χ2v) is 4.06. The van der Waals surface area contributed by atoms with Crippen molar-refractivity contribution in [3.05, 3.63) is 21.9 Å². The van der Waals surface area contributed by atoms with Crippen LogP contribution in [0.25, 0.3) is 0 Å². The molecular weight excluding hydrogens is 412 g/mol. The van der Waals surface area contributed by atoms with E-state index in [0.29, 0.717) is 11.0 Å². The fourth-order valence-electron chi connectivity index (χ4n) is 0.593. The maximum Gasteiger partial charge on any atom is 0.160 e. The van der Waals surface area contributed by atoms with Crippen LogP contribution in [-0.4, -0.2) is 16.4 Å². The molecule has 1 aromatic heterocycles. The zero-order valence-corrected chi connectivity index (χ0v) is 12.2. The Morgan fingerprint density at radius 2 is 2.31 bits per heavy atom. The minimum Gasteiger partial charge on any atom is -0.378 e. The first-order valence-corrected chi connectivity index (χ1v) is 5.52.